The van der Waals surface area contributed by atoms with Crippen LogP contribution in [0, 0.1) is 0 Å². The van der Waals surface area contributed by atoms with Gasteiger partial charge in [0.05, 0.1) is 6.61 Å². The molecule has 0 saturated carbocycles. The maximum Gasteiger partial charge on any atom is 0.305 e. The van der Waals surface area contributed by atoms with Gasteiger partial charge in [-0.1, -0.05) is 36.4 Å². The Kier molecular flexibility index (Phi) is 6.68. The van der Waals surface area contributed by atoms with E-state index in [0.29, 0.717) is 36.5 Å². The first-order chi connectivity index (χ1) is 13.7. The van der Waals surface area contributed by atoms with Crippen LogP contribution < -0.4 is 10.1 Å². The summed E-state index contributed by atoms with van der Waals surface area (Å²) in [5.74, 6) is 0.353. The highest BCUT2D eigenvalue weighted by Crippen LogP contribution is 2.27. The quantitative estimate of drug-likeness (QED) is 0.446. The fourth-order valence-electron chi connectivity index (χ4n) is 2.85. The van der Waals surface area contributed by atoms with Crippen LogP contribution in [0.25, 0.3) is 11.0 Å². The van der Waals surface area contributed by atoms with Crippen LogP contribution in [0.4, 0.5) is 0 Å². The highest BCUT2D eigenvalue weighted by atomic mass is 16.5. The summed E-state index contributed by atoms with van der Waals surface area (Å²) in [5.41, 5.74) is 1.33. The number of nitrogens with one attached hydrogen (secondary N) is 1. The summed E-state index contributed by atoms with van der Waals surface area (Å²) >= 11 is 0. The van der Waals surface area contributed by atoms with Gasteiger partial charge in [-0.05, 0) is 31.5 Å². The fourth-order valence-corrected chi connectivity index (χ4v) is 2.85. The molecular weight excluding hydrogens is 358 g/mol. The summed E-state index contributed by atoms with van der Waals surface area (Å²) in [6.07, 6.45) is 0.763. The summed E-state index contributed by atoms with van der Waals surface area (Å²) in [6, 6.07) is 16.9. The van der Waals surface area contributed by atoms with Crippen LogP contribution >= 0.6 is 0 Å². The van der Waals surface area contributed by atoms with Crippen LogP contribution in [0.2, 0.25) is 0 Å². The minimum Gasteiger partial charge on any atom is -0.489 e. The molecule has 0 aliphatic carbocycles. The van der Waals surface area contributed by atoms with Crippen LogP contribution in [-0.2, 0) is 16.1 Å². The van der Waals surface area contributed by atoms with Crippen LogP contribution in [0.3, 0.4) is 0 Å². The molecule has 0 spiro atoms. The third kappa shape index (κ3) is 4.91. The third-order valence-corrected chi connectivity index (χ3v) is 4.18. The Labute approximate surface area is 163 Å². The third-order valence-electron chi connectivity index (χ3n) is 4.18. The first kappa shape index (κ1) is 19.5. The predicted molar refractivity (Wildman–Crippen MR) is 105 cm³/mol. The zero-order chi connectivity index (χ0) is 19.8. The molecular formula is C22H23NO5. The Bertz CT molecular complexity index is 933. The molecule has 2 aromatic carbocycles. The summed E-state index contributed by atoms with van der Waals surface area (Å²) in [6.45, 7) is 2.69. The van der Waals surface area contributed by atoms with Gasteiger partial charge in [0.1, 0.15) is 17.9 Å². The summed E-state index contributed by atoms with van der Waals surface area (Å²) in [4.78, 5) is 24.0. The molecule has 0 aliphatic heterocycles. The van der Waals surface area contributed by atoms with Gasteiger partial charge < -0.3 is 19.2 Å². The Morgan fingerprint density at radius 1 is 1.04 bits per heavy atom. The molecule has 146 valence electrons. The number of hydrogen-bond acceptors (Lipinski definition) is 5. The van der Waals surface area contributed by atoms with Crippen molar-refractivity contribution in [2.75, 3.05) is 13.2 Å². The molecule has 6 heteroatoms. The van der Waals surface area contributed by atoms with Gasteiger partial charge in [0.25, 0.3) is 5.91 Å². The zero-order valence-corrected chi connectivity index (χ0v) is 15.8. The molecule has 0 unspecified atom stereocenters. The molecule has 6 nitrogen and oxygen atoms in total. The van der Waals surface area contributed by atoms with Crippen LogP contribution in [0.15, 0.2) is 59.0 Å². The molecule has 1 heterocycles. The number of ether oxygens (including phenoxy) is 2. The number of carbonyl (C=O) groups excluding carboxylic acids is 2. The second kappa shape index (κ2) is 9.60. The molecule has 0 aliphatic rings. The van der Waals surface area contributed by atoms with Crippen molar-refractivity contribution >= 4 is 22.8 Å². The standard InChI is InChI=1S/C22H23NO5/c1-2-26-20(24)13-8-14-23-22(25)21-18(15-27-16-9-4-3-5-10-16)17-11-6-7-12-19(17)28-21/h3-7,9-12H,2,8,13-15H2,1H3,(H,23,25). The molecule has 0 saturated heterocycles. The first-order valence-electron chi connectivity index (χ1n) is 9.31. The number of carbonyl (C=O) groups is 2. The van der Waals surface area contributed by atoms with Gasteiger partial charge in [0.15, 0.2) is 5.76 Å². The Morgan fingerprint density at radius 2 is 1.79 bits per heavy atom. The fraction of sp³-hybridized carbons (Fsp3) is 0.273. The number of rotatable bonds is 9. The van der Waals surface area contributed by atoms with Gasteiger partial charge >= 0.3 is 5.97 Å². The Balaban J connectivity index is 1.69. The van der Waals surface area contributed by atoms with Crippen molar-refractivity contribution in [1.29, 1.82) is 0 Å². The maximum absolute atomic E-state index is 12.6. The van der Waals surface area contributed by atoms with Gasteiger partial charge in [0, 0.05) is 23.9 Å². The number of benzene rings is 2. The Hall–Kier alpha value is -3.28. The summed E-state index contributed by atoms with van der Waals surface area (Å²) in [7, 11) is 0. The molecule has 0 atom stereocenters. The van der Waals surface area contributed by atoms with Crippen molar-refractivity contribution in [2.24, 2.45) is 0 Å². The molecule has 1 aromatic heterocycles. The van der Waals surface area contributed by atoms with E-state index in [2.05, 4.69) is 5.32 Å². The van der Waals surface area contributed by atoms with Crippen molar-refractivity contribution in [3.05, 3.63) is 65.9 Å². The maximum atomic E-state index is 12.6. The van der Waals surface area contributed by atoms with Crippen molar-refractivity contribution in [2.45, 2.75) is 26.4 Å². The smallest absolute Gasteiger partial charge is 0.305 e. The molecule has 0 radical (unpaired) electrons. The van der Waals surface area contributed by atoms with E-state index < -0.39 is 0 Å². The molecule has 1 N–H and O–H groups in total. The van der Waals surface area contributed by atoms with E-state index in [-0.39, 0.29) is 30.7 Å². The van der Waals surface area contributed by atoms with Crippen LogP contribution in [-0.4, -0.2) is 25.0 Å². The van der Waals surface area contributed by atoms with Crippen LogP contribution in [0.5, 0.6) is 5.75 Å². The number of hydrogen-bond donors (Lipinski definition) is 1. The van der Waals surface area contributed by atoms with Gasteiger partial charge in [0.2, 0.25) is 0 Å². The monoisotopic (exact) mass is 381 g/mol. The topological polar surface area (TPSA) is 77.8 Å². The van der Waals surface area contributed by atoms with Crippen molar-refractivity contribution in [1.82, 2.24) is 5.32 Å². The minimum atomic E-state index is -0.327. The average Bonchev–Trinajstić information content (AvgIpc) is 3.09. The van der Waals surface area contributed by atoms with Gasteiger partial charge in [-0.25, -0.2) is 0 Å². The second-order valence-electron chi connectivity index (χ2n) is 6.17. The van der Waals surface area contributed by atoms with E-state index in [9.17, 15) is 9.59 Å². The summed E-state index contributed by atoms with van der Waals surface area (Å²) in [5, 5.41) is 3.64. The van der Waals surface area contributed by atoms with Gasteiger partial charge in [-0.3, -0.25) is 9.59 Å². The lowest BCUT2D eigenvalue weighted by Crippen LogP contribution is -2.25. The van der Waals surface area contributed by atoms with Crippen LogP contribution in [0.1, 0.15) is 35.9 Å². The number of fused-ring (bicyclic) bond motifs is 1. The van der Waals surface area contributed by atoms with E-state index in [1.807, 2.05) is 54.6 Å². The lowest BCUT2D eigenvalue weighted by atomic mass is 10.1. The highest BCUT2D eigenvalue weighted by molar-refractivity contribution is 5.99. The minimum absolute atomic E-state index is 0.215. The lowest BCUT2D eigenvalue weighted by molar-refractivity contribution is -0.143. The highest BCUT2D eigenvalue weighted by Gasteiger charge is 2.20. The van der Waals surface area contributed by atoms with E-state index in [4.69, 9.17) is 13.9 Å². The molecule has 1 amide bonds. The van der Waals surface area contributed by atoms with E-state index in [1.54, 1.807) is 6.92 Å². The molecule has 3 rings (SSSR count). The normalized spacial score (nSPS) is 10.6. The number of amides is 1. The van der Waals surface area contributed by atoms with Crippen molar-refractivity contribution in [3.8, 4) is 5.75 Å². The summed E-state index contributed by atoms with van der Waals surface area (Å²) < 4.78 is 16.5. The average molecular weight is 381 g/mol. The predicted octanol–water partition coefficient (Wildman–Crippen LogP) is 4.08. The SMILES string of the molecule is CCOC(=O)CCCNC(=O)c1oc2ccccc2c1COc1ccccc1. The lowest BCUT2D eigenvalue weighted by Gasteiger charge is -2.08. The molecule has 3 aromatic rings. The molecule has 0 fully saturated rings. The van der Waals surface area contributed by atoms with Gasteiger partial charge in [-0.2, -0.15) is 0 Å². The van der Waals surface area contributed by atoms with Gasteiger partial charge in [-0.15, -0.1) is 0 Å². The first-order valence-corrected chi connectivity index (χ1v) is 9.31. The molecule has 28 heavy (non-hydrogen) atoms. The zero-order valence-electron chi connectivity index (χ0n) is 15.8. The number of para-hydroxylation sites is 2. The van der Waals surface area contributed by atoms with Crippen molar-refractivity contribution < 1.29 is 23.5 Å². The van der Waals surface area contributed by atoms with E-state index in [1.165, 1.54) is 0 Å². The largest absolute Gasteiger partial charge is 0.489 e. The van der Waals surface area contributed by atoms with E-state index in [0.717, 1.165) is 5.39 Å². The molecule has 0 bridgehead atoms. The Morgan fingerprint density at radius 3 is 2.57 bits per heavy atom. The van der Waals surface area contributed by atoms with Crippen molar-refractivity contribution in [3.63, 3.8) is 0 Å². The number of furan rings is 1. The van der Waals surface area contributed by atoms with E-state index >= 15 is 0 Å². The second-order valence-corrected chi connectivity index (χ2v) is 6.17. The number of esters is 1.